The first-order valence-corrected chi connectivity index (χ1v) is 17.9. The number of rotatable bonds is 6. The molecule has 8 aromatic carbocycles. The highest BCUT2D eigenvalue weighted by Gasteiger charge is 2.40. The molecule has 0 saturated carbocycles. The maximum Gasteiger partial charge on any atom is 0.137 e. The Labute approximate surface area is 317 Å². The van der Waals surface area contributed by atoms with Crippen LogP contribution in [0.5, 0.6) is 0 Å². The molecule has 0 saturated heterocycles. The van der Waals surface area contributed by atoms with Crippen LogP contribution in [-0.4, -0.2) is 0 Å². The van der Waals surface area contributed by atoms with Crippen LogP contribution in [0.15, 0.2) is 192 Å². The number of benzene rings is 8. The van der Waals surface area contributed by atoms with Crippen LogP contribution in [0.1, 0.15) is 31.8 Å². The van der Waals surface area contributed by atoms with Crippen LogP contribution in [0.3, 0.4) is 0 Å². The lowest BCUT2D eigenvalue weighted by atomic mass is 9.81. The van der Waals surface area contributed by atoms with Crippen LogP contribution in [-0.2, 0) is 5.41 Å². The molecule has 1 aliphatic carbocycles. The highest BCUT2D eigenvalue weighted by atomic mass is 16.3. The van der Waals surface area contributed by atoms with Crippen LogP contribution < -0.4 is 4.90 Å². The Bertz CT molecular complexity index is 2950. The fourth-order valence-electron chi connectivity index (χ4n) is 8.10. The van der Waals surface area contributed by atoms with Crippen molar-refractivity contribution in [2.75, 3.05) is 4.90 Å². The van der Waals surface area contributed by atoms with Crippen molar-refractivity contribution in [2.45, 2.75) is 19.3 Å². The van der Waals surface area contributed by atoms with E-state index in [-0.39, 0.29) is 29.7 Å². The number of anilines is 3. The van der Waals surface area contributed by atoms with Crippen LogP contribution in [0.25, 0.3) is 66.4 Å². The van der Waals surface area contributed by atoms with Crippen LogP contribution in [0, 0.1) is 0 Å². The zero-order valence-electron chi connectivity index (χ0n) is 34.4. The number of nitrogens with zero attached hydrogens (tertiary/aromatic N) is 1. The van der Waals surface area contributed by atoms with E-state index in [0.717, 1.165) is 83.5 Å². The minimum atomic E-state index is -0.546. The SMILES string of the molecule is [2H]c1c([2H])c([2H])c(-c2ccc3c(c2)C(C)(C)c2cc4oc5ccccc5c4c(N(c4ccc(-c5ccccc5)cc4)c4ccc(-c5ccccc5)cc4)c2-3)c([2H])c1[2H]. The molecular weight excluding hydrogens is 643 g/mol. The van der Waals surface area contributed by atoms with E-state index in [4.69, 9.17) is 11.3 Å². The van der Waals surface area contributed by atoms with Crippen molar-refractivity contribution in [3.8, 4) is 44.5 Å². The van der Waals surface area contributed by atoms with Gasteiger partial charge in [0.2, 0.25) is 0 Å². The van der Waals surface area contributed by atoms with E-state index in [2.05, 4.69) is 134 Å². The van der Waals surface area contributed by atoms with Crippen molar-refractivity contribution < 1.29 is 11.3 Å². The van der Waals surface area contributed by atoms with Crippen LogP contribution >= 0.6 is 0 Å². The predicted octanol–water partition coefficient (Wildman–Crippen LogP) is 14.4. The van der Waals surface area contributed by atoms with Gasteiger partial charge in [0.05, 0.1) is 17.9 Å². The summed E-state index contributed by atoms with van der Waals surface area (Å²) in [5.74, 6) is 0. The van der Waals surface area contributed by atoms with Crippen molar-refractivity contribution in [3.05, 3.63) is 199 Å². The predicted molar refractivity (Wildman–Crippen MR) is 222 cm³/mol. The zero-order valence-corrected chi connectivity index (χ0v) is 29.4. The summed E-state index contributed by atoms with van der Waals surface area (Å²) in [5.41, 5.74) is 13.4. The Balaban J connectivity index is 1.26. The van der Waals surface area contributed by atoms with Gasteiger partial charge in [0.25, 0.3) is 0 Å². The minimum absolute atomic E-state index is 0.194. The van der Waals surface area contributed by atoms with E-state index >= 15 is 0 Å². The van der Waals surface area contributed by atoms with E-state index < -0.39 is 11.5 Å². The lowest BCUT2D eigenvalue weighted by molar-refractivity contribution is 0.647. The summed E-state index contributed by atoms with van der Waals surface area (Å²) in [5, 5.41) is 2.00. The summed E-state index contributed by atoms with van der Waals surface area (Å²) in [6, 6.07) is 53.0. The second-order valence-electron chi connectivity index (χ2n) is 14.2. The van der Waals surface area contributed by atoms with Crippen LogP contribution in [0.2, 0.25) is 0 Å². The molecule has 0 fully saturated rings. The summed E-state index contributed by atoms with van der Waals surface area (Å²) >= 11 is 0. The van der Waals surface area contributed by atoms with Crippen molar-refractivity contribution in [1.29, 1.82) is 0 Å². The molecule has 2 heteroatoms. The summed E-state index contributed by atoms with van der Waals surface area (Å²) in [7, 11) is 0. The van der Waals surface area contributed by atoms with Gasteiger partial charge in [-0.05, 0) is 92.5 Å². The molecule has 2 nitrogen and oxygen atoms in total. The van der Waals surface area contributed by atoms with Crippen LogP contribution in [0.4, 0.5) is 17.1 Å². The fourth-order valence-corrected chi connectivity index (χ4v) is 8.10. The maximum atomic E-state index is 8.78. The molecule has 0 radical (unpaired) electrons. The highest BCUT2D eigenvalue weighted by Crippen LogP contribution is 2.58. The third-order valence-electron chi connectivity index (χ3n) is 10.8. The van der Waals surface area contributed by atoms with Crippen molar-refractivity contribution >= 4 is 39.0 Å². The van der Waals surface area contributed by atoms with Gasteiger partial charge in [-0.15, -0.1) is 0 Å². The van der Waals surface area contributed by atoms with Gasteiger partial charge < -0.3 is 9.32 Å². The molecule has 0 aliphatic heterocycles. The van der Waals surface area contributed by atoms with E-state index in [1.54, 1.807) is 0 Å². The summed E-state index contributed by atoms with van der Waals surface area (Å²) in [4.78, 5) is 2.35. The Hall–Kier alpha value is -6.64. The van der Waals surface area contributed by atoms with Gasteiger partial charge >= 0.3 is 0 Å². The number of hydrogen-bond donors (Lipinski definition) is 0. The molecule has 0 amide bonds. The summed E-state index contributed by atoms with van der Waals surface area (Å²) < 4.78 is 49.2. The first-order valence-electron chi connectivity index (χ1n) is 20.4. The lowest BCUT2D eigenvalue weighted by Crippen LogP contribution is -2.16. The Morgan fingerprint density at radius 1 is 0.491 bits per heavy atom. The largest absolute Gasteiger partial charge is 0.456 e. The molecule has 9 aromatic rings. The highest BCUT2D eigenvalue weighted by molar-refractivity contribution is 6.19. The van der Waals surface area contributed by atoms with E-state index in [9.17, 15) is 0 Å². The molecule has 53 heavy (non-hydrogen) atoms. The third kappa shape index (κ3) is 5.10. The standard InChI is InChI=1S/C51H37NO/c1-51(2)44-32-39(36-18-10-5-11-19-36)26-31-42(44)48-45(51)33-47-49(43-20-12-13-21-46(43)53-47)50(48)52(40-27-22-37(23-28-40)34-14-6-3-7-15-34)41-29-24-38(25-30-41)35-16-8-4-9-17-35/h3-33H,1-2H3/i5D,10D,11D,18D,19D. The maximum absolute atomic E-state index is 8.78. The zero-order chi connectivity index (χ0) is 39.9. The average Bonchev–Trinajstić information content (AvgIpc) is 3.74. The summed E-state index contributed by atoms with van der Waals surface area (Å²) in [6.45, 7) is 4.38. The molecule has 0 spiro atoms. The van der Waals surface area contributed by atoms with Gasteiger partial charge in [0.1, 0.15) is 11.2 Å². The van der Waals surface area contributed by atoms with Crippen molar-refractivity contribution in [2.24, 2.45) is 0 Å². The van der Waals surface area contributed by atoms with Gasteiger partial charge in [0.15, 0.2) is 0 Å². The Kier molecular flexibility index (Phi) is 6.05. The summed E-state index contributed by atoms with van der Waals surface area (Å²) in [6.07, 6.45) is 0. The smallest absolute Gasteiger partial charge is 0.137 e. The lowest BCUT2D eigenvalue weighted by Gasteiger charge is -2.30. The number of fused-ring (bicyclic) bond motifs is 6. The van der Waals surface area contributed by atoms with E-state index in [1.165, 1.54) is 0 Å². The van der Waals surface area contributed by atoms with Gasteiger partial charge in [-0.2, -0.15) is 0 Å². The monoisotopic (exact) mass is 684 g/mol. The fraction of sp³-hybridized carbons (Fsp3) is 0.0588. The molecule has 10 rings (SSSR count). The quantitative estimate of drug-likeness (QED) is 0.173. The second kappa shape index (κ2) is 12.3. The molecule has 252 valence electrons. The number of hydrogen-bond acceptors (Lipinski definition) is 2. The third-order valence-corrected chi connectivity index (χ3v) is 10.8. The van der Waals surface area contributed by atoms with Gasteiger partial charge in [-0.3, -0.25) is 0 Å². The minimum Gasteiger partial charge on any atom is -0.456 e. The molecule has 0 N–H and O–H groups in total. The van der Waals surface area contributed by atoms with Crippen molar-refractivity contribution in [3.63, 3.8) is 0 Å². The number of para-hydroxylation sites is 1. The molecular formula is C51H37NO. The molecule has 1 aromatic heterocycles. The molecule has 1 aliphatic rings. The molecule has 1 heterocycles. The van der Waals surface area contributed by atoms with Gasteiger partial charge in [-0.25, -0.2) is 0 Å². The molecule has 0 unspecified atom stereocenters. The van der Waals surface area contributed by atoms with Gasteiger partial charge in [-0.1, -0.05) is 159 Å². The second-order valence-corrected chi connectivity index (χ2v) is 14.2. The average molecular weight is 685 g/mol. The van der Waals surface area contributed by atoms with E-state index in [1.807, 2.05) is 42.5 Å². The van der Waals surface area contributed by atoms with Crippen molar-refractivity contribution in [1.82, 2.24) is 0 Å². The normalized spacial score (nSPS) is 14.2. The first kappa shape index (κ1) is 26.2. The Morgan fingerprint density at radius 2 is 1.04 bits per heavy atom. The molecule has 0 bridgehead atoms. The molecule has 0 atom stereocenters. The topological polar surface area (TPSA) is 16.4 Å². The first-order chi connectivity index (χ1) is 28.1. The Morgan fingerprint density at radius 3 is 1.66 bits per heavy atom. The van der Waals surface area contributed by atoms with Gasteiger partial charge in [0, 0.05) is 27.7 Å². The number of furan rings is 1. The van der Waals surface area contributed by atoms with E-state index in [0.29, 0.717) is 5.56 Å².